The molecule has 0 unspecified atom stereocenters. The number of carbonyl (C=O) groups is 1. The van der Waals surface area contributed by atoms with Gasteiger partial charge >= 0.3 is 0 Å². The van der Waals surface area contributed by atoms with Crippen molar-refractivity contribution in [2.24, 2.45) is 0 Å². The van der Waals surface area contributed by atoms with E-state index in [4.69, 9.17) is 18.9 Å². The van der Waals surface area contributed by atoms with Gasteiger partial charge in [0.1, 0.15) is 30.1 Å². The number of aliphatic hydroxyl groups is 1. The number of amides is 1. The number of rotatable bonds is 4. The van der Waals surface area contributed by atoms with Crippen molar-refractivity contribution >= 4 is 11.6 Å². The van der Waals surface area contributed by atoms with Gasteiger partial charge in [-0.05, 0) is 19.9 Å². The molecule has 1 aromatic rings. The fourth-order valence-electron chi connectivity index (χ4n) is 3.14. The second-order valence-corrected chi connectivity index (χ2v) is 6.93. The maximum atomic E-state index is 11.6. The van der Waals surface area contributed by atoms with Crippen LogP contribution in [0.25, 0.3) is 0 Å². The first-order valence-corrected chi connectivity index (χ1v) is 8.50. The first-order chi connectivity index (χ1) is 12.7. The molecule has 1 amide bonds. The quantitative estimate of drug-likeness (QED) is 0.575. The van der Waals surface area contributed by atoms with Crippen molar-refractivity contribution in [2.75, 3.05) is 6.61 Å². The molecule has 0 radical (unpaired) electrons. The van der Waals surface area contributed by atoms with Crippen molar-refractivity contribution in [1.29, 1.82) is 0 Å². The molecule has 0 saturated carbocycles. The number of non-ortho nitro benzene ring substituents is 1. The standard InChI is InChI=1S/C17H22N2O8/c1-9(20)18-13-14(21)15-12(8-24-17(2,3)27-15)26-16(13)25-11-6-4-5-10(7-11)19(22)23/h4-7,12-16,21H,8H2,1-3H3,(H,18,20)/t12-,13-,14-,15-,16-/m1/s1. The minimum Gasteiger partial charge on any atom is -0.462 e. The number of carbonyl (C=O) groups excluding carboxylic acids is 1. The number of nitrogens with zero attached hydrogens (tertiary/aromatic N) is 1. The zero-order valence-electron chi connectivity index (χ0n) is 15.2. The molecule has 2 aliphatic rings. The highest BCUT2D eigenvalue weighted by Crippen LogP contribution is 2.33. The molecule has 10 nitrogen and oxygen atoms in total. The van der Waals surface area contributed by atoms with Gasteiger partial charge in [-0.2, -0.15) is 0 Å². The fourth-order valence-corrected chi connectivity index (χ4v) is 3.14. The van der Waals surface area contributed by atoms with Gasteiger partial charge in [-0.25, -0.2) is 0 Å². The number of nitro groups is 1. The molecule has 3 rings (SSSR count). The van der Waals surface area contributed by atoms with Crippen LogP contribution in [0.1, 0.15) is 20.8 Å². The lowest BCUT2D eigenvalue weighted by atomic mass is 9.95. The van der Waals surface area contributed by atoms with E-state index >= 15 is 0 Å². The van der Waals surface area contributed by atoms with Crippen molar-refractivity contribution in [3.63, 3.8) is 0 Å². The first kappa shape index (κ1) is 19.5. The Balaban J connectivity index is 1.83. The van der Waals surface area contributed by atoms with E-state index in [2.05, 4.69) is 5.32 Å². The van der Waals surface area contributed by atoms with Crippen LogP contribution in [0.15, 0.2) is 24.3 Å². The second-order valence-electron chi connectivity index (χ2n) is 6.93. The average molecular weight is 382 g/mol. The van der Waals surface area contributed by atoms with E-state index in [1.807, 2.05) is 0 Å². The summed E-state index contributed by atoms with van der Waals surface area (Å²) in [6.07, 6.45) is -3.56. The Bertz CT molecular complexity index is 725. The number of nitrogens with one attached hydrogen (secondary N) is 1. The molecule has 2 saturated heterocycles. The molecule has 2 fully saturated rings. The highest BCUT2D eigenvalue weighted by Gasteiger charge is 2.52. The fraction of sp³-hybridized carbons (Fsp3) is 0.588. The molecule has 5 atom stereocenters. The normalized spacial score (nSPS) is 32.2. The molecule has 2 aliphatic heterocycles. The van der Waals surface area contributed by atoms with Crippen LogP contribution >= 0.6 is 0 Å². The maximum Gasteiger partial charge on any atom is 0.273 e. The van der Waals surface area contributed by atoms with E-state index in [0.717, 1.165) is 0 Å². The Kier molecular flexibility index (Phi) is 5.33. The summed E-state index contributed by atoms with van der Waals surface area (Å²) in [6, 6.07) is 4.63. The van der Waals surface area contributed by atoms with Gasteiger partial charge in [0.15, 0.2) is 5.79 Å². The molecular formula is C17H22N2O8. The van der Waals surface area contributed by atoms with Crippen molar-refractivity contribution in [2.45, 2.75) is 57.2 Å². The number of aliphatic hydroxyl groups excluding tert-OH is 1. The van der Waals surface area contributed by atoms with Crippen LogP contribution in [0.5, 0.6) is 5.75 Å². The minimum absolute atomic E-state index is 0.149. The summed E-state index contributed by atoms with van der Waals surface area (Å²) in [6.45, 7) is 4.90. The number of fused-ring (bicyclic) bond motifs is 1. The molecule has 0 bridgehead atoms. The molecule has 0 spiro atoms. The van der Waals surface area contributed by atoms with Crippen LogP contribution in [0.2, 0.25) is 0 Å². The summed E-state index contributed by atoms with van der Waals surface area (Å²) in [4.78, 5) is 22.0. The van der Waals surface area contributed by atoms with Gasteiger partial charge in [0, 0.05) is 13.0 Å². The van der Waals surface area contributed by atoms with Gasteiger partial charge in [-0.3, -0.25) is 14.9 Å². The average Bonchev–Trinajstić information content (AvgIpc) is 2.59. The lowest BCUT2D eigenvalue weighted by Gasteiger charge is -2.49. The molecule has 27 heavy (non-hydrogen) atoms. The first-order valence-electron chi connectivity index (χ1n) is 8.50. The summed E-state index contributed by atoms with van der Waals surface area (Å²) < 4.78 is 22.9. The van der Waals surface area contributed by atoms with Crippen LogP contribution in [0.3, 0.4) is 0 Å². The van der Waals surface area contributed by atoms with Gasteiger partial charge < -0.3 is 29.4 Å². The van der Waals surface area contributed by atoms with E-state index in [1.165, 1.54) is 31.2 Å². The molecular weight excluding hydrogens is 360 g/mol. The predicted molar refractivity (Wildman–Crippen MR) is 90.9 cm³/mol. The zero-order chi connectivity index (χ0) is 19.8. The molecule has 2 N–H and O–H groups in total. The number of hydrogen-bond acceptors (Lipinski definition) is 8. The van der Waals surface area contributed by atoms with Crippen LogP contribution in [-0.2, 0) is 19.0 Å². The Morgan fingerprint density at radius 3 is 2.85 bits per heavy atom. The number of nitro benzene ring substituents is 1. The lowest BCUT2D eigenvalue weighted by Crippen LogP contribution is -2.69. The SMILES string of the molecule is CC(=O)N[C@H]1[C@H](Oc2cccc([N+](=O)[O-])c2)O[C@@H]2COC(C)(C)O[C@H]2[C@@H]1O. The number of benzene rings is 1. The minimum atomic E-state index is -1.13. The molecule has 148 valence electrons. The summed E-state index contributed by atoms with van der Waals surface area (Å²) in [7, 11) is 0. The van der Waals surface area contributed by atoms with E-state index in [0.29, 0.717) is 0 Å². The largest absolute Gasteiger partial charge is 0.462 e. The maximum absolute atomic E-state index is 11.6. The number of ether oxygens (including phenoxy) is 4. The molecule has 1 aromatic carbocycles. The predicted octanol–water partition coefficient (Wildman–Crippen LogP) is 0.716. The second kappa shape index (κ2) is 7.39. The highest BCUT2D eigenvalue weighted by atomic mass is 16.8. The zero-order valence-corrected chi connectivity index (χ0v) is 15.2. The van der Waals surface area contributed by atoms with E-state index in [9.17, 15) is 20.0 Å². The summed E-state index contributed by atoms with van der Waals surface area (Å²) in [5.74, 6) is -1.12. The third-order valence-corrected chi connectivity index (χ3v) is 4.34. The smallest absolute Gasteiger partial charge is 0.273 e. The summed E-state index contributed by atoms with van der Waals surface area (Å²) in [5, 5.41) is 24.3. The van der Waals surface area contributed by atoms with E-state index in [-0.39, 0.29) is 24.0 Å². The molecule has 10 heteroatoms. The summed E-state index contributed by atoms with van der Waals surface area (Å²) >= 11 is 0. The van der Waals surface area contributed by atoms with Crippen LogP contribution in [0, 0.1) is 10.1 Å². The topological polar surface area (TPSA) is 129 Å². The lowest BCUT2D eigenvalue weighted by molar-refractivity contribution is -0.385. The highest BCUT2D eigenvalue weighted by molar-refractivity contribution is 5.73. The van der Waals surface area contributed by atoms with Gasteiger partial charge in [0.2, 0.25) is 12.2 Å². The van der Waals surface area contributed by atoms with Gasteiger partial charge in [0.05, 0.1) is 17.6 Å². The molecule has 0 aromatic heterocycles. The Labute approximate surface area is 155 Å². The van der Waals surface area contributed by atoms with Gasteiger partial charge in [-0.1, -0.05) is 6.07 Å². The van der Waals surface area contributed by atoms with Crippen molar-refractivity contribution in [3.8, 4) is 5.75 Å². The van der Waals surface area contributed by atoms with Gasteiger partial charge in [0.25, 0.3) is 5.69 Å². The van der Waals surface area contributed by atoms with Crippen LogP contribution in [-0.4, -0.2) is 59.0 Å². The van der Waals surface area contributed by atoms with Crippen molar-refractivity contribution < 1.29 is 33.8 Å². The monoisotopic (exact) mass is 382 g/mol. The van der Waals surface area contributed by atoms with E-state index in [1.54, 1.807) is 13.8 Å². The summed E-state index contributed by atoms with van der Waals surface area (Å²) in [5.41, 5.74) is -0.149. The van der Waals surface area contributed by atoms with Crippen LogP contribution in [0.4, 0.5) is 5.69 Å². The Morgan fingerprint density at radius 2 is 2.19 bits per heavy atom. The van der Waals surface area contributed by atoms with Crippen molar-refractivity contribution in [3.05, 3.63) is 34.4 Å². The molecule has 2 heterocycles. The number of hydrogen-bond donors (Lipinski definition) is 2. The third-order valence-electron chi connectivity index (χ3n) is 4.34. The Hall–Kier alpha value is -2.27. The molecule has 0 aliphatic carbocycles. The Morgan fingerprint density at radius 1 is 1.44 bits per heavy atom. The third kappa shape index (κ3) is 4.35. The van der Waals surface area contributed by atoms with Crippen molar-refractivity contribution in [1.82, 2.24) is 5.32 Å². The van der Waals surface area contributed by atoms with Gasteiger partial charge in [-0.15, -0.1) is 0 Å². The van der Waals surface area contributed by atoms with Crippen LogP contribution < -0.4 is 10.1 Å². The van der Waals surface area contributed by atoms with E-state index < -0.39 is 41.4 Å².